The first-order chi connectivity index (χ1) is 16.0. The molecule has 1 heterocycles. The Balaban J connectivity index is 1.34. The predicted octanol–water partition coefficient (Wildman–Crippen LogP) is 3.84. The molecule has 0 saturated heterocycles. The molecule has 3 aromatic carbocycles. The lowest BCUT2D eigenvalue weighted by Gasteiger charge is -2.29. The first-order valence-corrected chi connectivity index (χ1v) is 10.9. The molecule has 0 radical (unpaired) electrons. The third-order valence-corrected chi connectivity index (χ3v) is 6.01. The Labute approximate surface area is 193 Å². The molecule has 1 aliphatic rings. The van der Waals surface area contributed by atoms with Crippen LogP contribution in [0.5, 0.6) is 17.2 Å². The normalized spacial score (nSPS) is 13.3. The molecule has 0 unspecified atom stereocenters. The Kier molecular flexibility index (Phi) is 6.70. The molecule has 33 heavy (non-hydrogen) atoms. The van der Waals surface area contributed by atoms with Crippen LogP contribution in [0.15, 0.2) is 54.6 Å². The highest BCUT2D eigenvalue weighted by Gasteiger charge is 2.19. The number of nitrogens with two attached hydrogens (primary N) is 1. The van der Waals surface area contributed by atoms with Crippen LogP contribution in [0.25, 0.3) is 0 Å². The highest BCUT2D eigenvalue weighted by molar-refractivity contribution is 6.08. The number of hydrogen-bond acceptors (Lipinski definition) is 6. The summed E-state index contributed by atoms with van der Waals surface area (Å²) in [5.74, 6) is 1.20. The van der Waals surface area contributed by atoms with Gasteiger partial charge in [0.1, 0.15) is 5.75 Å². The van der Waals surface area contributed by atoms with Crippen molar-refractivity contribution in [3.05, 3.63) is 76.9 Å². The number of phenolic OH excluding ortho intramolecular Hbond substituents is 1. The predicted molar refractivity (Wildman–Crippen MR) is 129 cm³/mol. The summed E-state index contributed by atoms with van der Waals surface area (Å²) in [5.41, 5.74) is 10.9. The Bertz CT molecular complexity index is 1150. The van der Waals surface area contributed by atoms with Crippen molar-refractivity contribution in [2.45, 2.75) is 19.4 Å². The maximum Gasteiger partial charge on any atom is 0.257 e. The van der Waals surface area contributed by atoms with Crippen LogP contribution in [-0.2, 0) is 19.4 Å². The van der Waals surface area contributed by atoms with E-state index < -0.39 is 0 Å². The first-order valence-electron chi connectivity index (χ1n) is 10.9. The topological polar surface area (TPSA) is 97.0 Å². The zero-order valence-corrected chi connectivity index (χ0v) is 18.9. The van der Waals surface area contributed by atoms with E-state index in [0.29, 0.717) is 11.4 Å². The van der Waals surface area contributed by atoms with Crippen LogP contribution in [0, 0.1) is 0 Å². The Morgan fingerprint density at radius 3 is 2.42 bits per heavy atom. The number of hydrogen-bond donors (Lipinski definition) is 3. The third-order valence-electron chi connectivity index (χ3n) is 6.01. The van der Waals surface area contributed by atoms with E-state index in [2.05, 4.69) is 22.3 Å². The smallest absolute Gasteiger partial charge is 0.257 e. The number of anilines is 2. The number of nitrogens with one attached hydrogen (secondary N) is 1. The molecule has 1 amide bonds. The summed E-state index contributed by atoms with van der Waals surface area (Å²) in [4.78, 5) is 14.9. The number of nitrogen functional groups attached to an aromatic ring is 1. The van der Waals surface area contributed by atoms with E-state index in [9.17, 15) is 9.90 Å². The van der Waals surface area contributed by atoms with E-state index in [4.69, 9.17) is 15.2 Å². The number of carbonyl (C=O) groups excluding carboxylic acids is 1. The van der Waals surface area contributed by atoms with E-state index in [0.717, 1.165) is 44.0 Å². The Morgan fingerprint density at radius 1 is 1.03 bits per heavy atom. The van der Waals surface area contributed by atoms with Gasteiger partial charge in [-0.25, -0.2) is 0 Å². The number of nitrogens with zero attached hydrogens (tertiary/aromatic N) is 1. The van der Waals surface area contributed by atoms with Crippen molar-refractivity contribution in [2.75, 3.05) is 38.4 Å². The number of benzene rings is 3. The average molecular weight is 448 g/mol. The third kappa shape index (κ3) is 5.21. The van der Waals surface area contributed by atoms with Crippen LogP contribution in [0.4, 0.5) is 11.4 Å². The fourth-order valence-electron chi connectivity index (χ4n) is 4.11. The molecule has 0 atom stereocenters. The van der Waals surface area contributed by atoms with Crippen molar-refractivity contribution in [3.8, 4) is 17.2 Å². The Morgan fingerprint density at radius 2 is 1.73 bits per heavy atom. The second kappa shape index (κ2) is 9.83. The Hall–Kier alpha value is -3.71. The minimum atomic E-state index is -0.352. The monoisotopic (exact) mass is 447 g/mol. The van der Waals surface area contributed by atoms with E-state index in [1.807, 2.05) is 24.3 Å². The van der Waals surface area contributed by atoms with Crippen molar-refractivity contribution >= 4 is 17.3 Å². The molecular formula is C26H29N3O4. The van der Waals surface area contributed by atoms with Crippen molar-refractivity contribution in [2.24, 2.45) is 0 Å². The summed E-state index contributed by atoms with van der Waals surface area (Å²) in [6.07, 6.45) is 1.90. The number of fused-ring (bicyclic) bond motifs is 1. The van der Waals surface area contributed by atoms with E-state index in [1.165, 1.54) is 34.9 Å². The summed E-state index contributed by atoms with van der Waals surface area (Å²) in [6, 6.07) is 16.3. The lowest BCUT2D eigenvalue weighted by atomic mass is 9.98. The lowest BCUT2D eigenvalue weighted by molar-refractivity contribution is 0.102. The van der Waals surface area contributed by atoms with Crippen molar-refractivity contribution < 1.29 is 19.4 Å². The largest absolute Gasteiger partial charge is 0.508 e. The van der Waals surface area contributed by atoms with Crippen LogP contribution in [0.3, 0.4) is 0 Å². The van der Waals surface area contributed by atoms with Gasteiger partial charge in [0.05, 0.1) is 19.8 Å². The minimum Gasteiger partial charge on any atom is -0.508 e. The maximum atomic E-state index is 12.5. The molecule has 0 aromatic heterocycles. The van der Waals surface area contributed by atoms with Gasteiger partial charge < -0.3 is 25.6 Å². The molecule has 0 saturated carbocycles. The molecule has 4 N–H and O–H groups in total. The maximum absolute atomic E-state index is 12.5. The summed E-state index contributed by atoms with van der Waals surface area (Å²) < 4.78 is 10.9. The van der Waals surface area contributed by atoms with Gasteiger partial charge in [-0.2, -0.15) is 0 Å². The van der Waals surface area contributed by atoms with Gasteiger partial charge in [0, 0.05) is 31.0 Å². The van der Waals surface area contributed by atoms with Gasteiger partial charge >= 0.3 is 0 Å². The van der Waals surface area contributed by atoms with Gasteiger partial charge in [-0.15, -0.1) is 0 Å². The number of ether oxygens (including phenoxy) is 2. The fraction of sp³-hybridized carbons (Fsp3) is 0.269. The second-order valence-electron chi connectivity index (χ2n) is 8.17. The molecule has 0 fully saturated rings. The highest BCUT2D eigenvalue weighted by atomic mass is 16.5. The molecule has 0 bridgehead atoms. The molecule has 7 heteroatoms. The molecule has 4 rings (SSSR count). The summed E-state index contributed by atoms with van der Waals surface area (Å²) in [6.45, 7) is 2.83. The first kappa shape index (κ1) is 22.5. The highest BCUT2D eigenvalue weighted by Crippen LogP contribution is 2.33. The molecule has 172 valence electrons. The summed E-state index contributed by atoms with van der Waals surface area (Å²) in [7, 11) is 3.33. The van der Waals surface area contributed by atoms with E-state index in [-0.39, 0.29) is 17.2 Å². The zero-order chi connectivity index (χ0) is 23.4. The number of rotatable bonds is 7. The summed E-state index contributed by atoms with van der Waals surface area (Å²) in [5, 5.41) is 12.4. The SMILES string of the molecule is COc1cc2c(cc1OC)CN(CCc1ccc(NC(=O)c3cc(O)ccc3N)cc1)CC2. The molecule has 0 spiro atoms. The van der Waals surface area contributed by atoms with E-state index in [1.54, 1.807) is 14.2 Å². The molecule has 3 aromatic rings. The minimum absolute atomic E-state index is 0.00242. The van der Waals surface area contributed by atoms with Crippen LogP contribution in [0.1, 0.15) is 27.0 Å². The second-order valence-corrected chi connectivity index (χ2v) is 8.17. The number of aromatic hydroxyl groups is 1. The fourth-order valence-corrected chi connectivity index (χ4v) is 4.11. The lowest BCUT2D eigenvalue weighted by Crippen LogP contribution is -2.32. The van der Waals surface area contributed by atoms with Crippen LogP contribution < -0.4 is 20.5 Å². The zero-order valence-electron chi connectivity index (χ0n) is 18.9. The molecule has 0 aliphatic carbocycles. The van der Waals surface area contributed by atoms with Crippen LogP contribution in [-0.4, -0.2) is 43.2 Å². The van der Waals surface area contributed by atoms with Gasteiger partial charge in [0.2, 0.25) is 0 Å². The average Bonchev–Trinajstić information content (AvgIpc) is 2.84. The molecule has 1 aliphatic heterocycles. The van der Waals surface area contributed by atoms with Crippen molar-refractivity contribution in [1.29, 1.82) is 0 Å². The van der Waals surface area contributed by atoms with Crippen molar-refractivity contribution in [1.82, 2.24) is 4.90 Å². The van der Waals surface area contributed by atoms with Crippen molar-refractivity contribution in [3.63, 3.8) is 0 Å². The molecule has 7 nitrogen and oxygen atoms in total. The van der Waals surface area contributed by atoms with Gasteiger partial charge in [0.25, 0.3) is 5.91 Å². The van der Waals surface area contributed by atoms with Gasteiger partial charge in [0.15, 0.2) is 11.5 Å². The number of methoxy groups -OCH3 is 2. The van der Waals surface area contributed by atoms with Crippen LogP contribution in [0.2, 0.25) is 0 Å². The van der Waals surface area contributed by atoms with Gasteiger partial charge in [-0.1, -0.05) is 12.1 Å². The quantitative estimate of drug-likeness (QED) is 0.376. The number of carbonyl (C=O) groups is 1. The molecular weight excluding hydrogens is 418 g/mol. The van der Waals surface area contributed by atoms with Gasteiger partial charge in [-0.3, -0.25) is 9.69 Å². The van der Waals surface area contributed by atoms with Crippen LogP contribution >= 0.6 is 0 Å². The number of phenols is 1. The van der Waals surface area contributed by atoms with Gasteiger partial charge in [-0.05, 0) is 72.0 Å². The summed E-state index contributed by atoms with van der Waals surface area (Å²) >= 11 is 0. The van der Waals surface area contributed by atoms with E-state index >= 15 is 0 Å². The number of amides is 1. The standard InChI is InChI=1S/C26H29N3O4/c1-32-24-13-18-10-12-29(16-19(18)14-25(24)33-2)11-9-17-3-5-20(6-4-17)28-26(31)22-15-21(30)7-8-23(22)27/h3-8,13-15,30H,9-12,16,27H2,1-2H3,(H,28,31).